The van der Waals surface area contributed by atoms with E-state index in [2.05, 4.69) is 25.3 Å². The smallest absolute Gasteiger partial charge is 0.337 e. The SMILES string of the molecule is COC(=O)c1ccc(Nc2cc(C(=O)Nc3ccccc3C)nc(C)n2)cc1. The van der Waals surface area contributed by atoms with Crippen molar-refractivity contribution in [3.8, 4) is 0 Å². The van der Waals surface area contributed by atoms with Crippen LogP contribution in [0.3, 0.4) is 0 Å². The minimum Gasteiger partial charge on any atom is -0.465 e. The van der Waals surface area contributed by atoms with E-state index in [1.807, 2.05) is 31.2 Å². The summed E-state index contributed by atoms with van der Waals surface area (Å²) in [4.78, 5) is 32.7. The number of benzene rings is 2. The van der Waals surface area contributed by atoms with Crippen molar-refractivity contribution >= 4 is 29.1 Å². The molecule has 0 saturated carbocycles. The Balaban J connectivity index is 1.78. The molecule has 0 saturated heterocycles. The van der Waals surface area contributed by atoms with Crippen LogP contribution in [0.25, 0.3) is 0 Å². The van der Waals surface area contributed by atoms with Crippen molar-refractivity contribution in [3.63, 3.8) is 0 Å². The fourth-order valence-electron chi connectivity index (χ4n) is 2.60. The summed E-state index contributed by atoms with van der Waals surface area (Å²) in [7, 11) is 1.33. The molecule has 0 bridgehead atoms. The van der Waals surface area contributed by atoms with Gasteiger partial charge in [-0.2, -0.15) is 0 Å². The molecule has 1 aromatic heterocycles. The molecule has 0 spiro atoms. The minimum absolute atomic E-state index is 0.254. The first-order valence-electron chi connectivity index (χ1n) is 8.64. The highest BCUT2D eigenvalue weighted by Crippen LogP contribution is 2.18. The number of methoxy groups -OCH3 is 1. The normalized spacial score (nSPS) is 10.2. The van der Waals surface area contributed by atoms with Crippen molar-refractivity contribution in [2.24, 2.45) is 0 Å². The summed E-state index contributed by atoms with van der Waals surface area (Å²) in [6, 6.07) is 15.9. The Morgan fingerprint density at radius 3 is 2.36 bits per heavy atom. The Labute approximate surface area is 162 Å². The largest absolute Gasteiger partial charge is 0.465 e. The zero-order valence-corrected chi connectivity index (χ0v) is 15.8. The van der Waals surface area contributed by atoms with E-state index in [1.165, 1.54) is 7.11 Å². The predicted molar refractivity (Wildman–Crippen MR) is 107 cm³/mol. The molecule has 142 valence electrons. The predicted octanol–water partition coefficient (Wildman–Crippen LogP) is 3.88. The molecule has 1 heterocycles. The number of carbonyl (C=O) groups excluding carboxylic acids is 2. The van der Waals surface area contributed by atoms with Crippen molar-refractivity contribution in [2.45, 2.75) is 13.8 Å². The van der Waals surface area contributed by atoms with Crippen LogP contribution in [0.5, 0.6) is 0 Å². The summed E-state index contributed by atoms with van der Waals surface area (Å²) in [5, 5.41) is 5.98. The van der Waals surface area contributed by atoms with Crippen LogP contribution in [0.2, 0.25) is 0 Å². The molecule has 28 heavy (non-hydrogen) atoms. The Bertz CT molecular complexity index is 1020. The quantitative estimate of drug-likeness (QED) is 0.657. The fraction of sp³-hybridized carbons (Fsp3) is 0.143. The molecule has 7 heteroatoms. The molecule has 1 amide bonds. The Morgan fingerprint density at radius 1 is 0.964 bits per heavy atom. The lowest BCUT2D eigenvalue weighted by Gasteiger charge is -2.10. The number of hydrogen-bond acceptors (Lipinski definition) is 6. The van der Waals surface area contributed by atoms with Gasteiger partial charge < -0.3 is 15.4 Å². The minimum atomic E-state index is -0.403. The second-order valence-corrected chi connectivity index (χ2v) is 6.15. The van der Waals surface area contributed by atoms with Crippen LogP contribution in [-0.4, -0.2) is 29.0 Å². The molecule has 3 rings (SSSR count). The van der Waals surface area contributed by atoms with Gasteiger partial charge in [-0.1, -0.05) is 18.2 Å². The summed E-state index contributed by atoms with van der Waals surface area (Å²) >= 11 is 0. The van der Waals surface area contributed by atoms with E-state index in [0.717, 1.165) is 16.9 Å². The van der Waals surface area contributed by atoms with Crippen molar-refractivity contribution in [2.75, 3.05) is 17.7 Å². The van der Waals surface area contributed by atoms with E-state index in [9.17, 15) is 9.59 Å². The molecule has 0 aliphatic heterocycles. The van der Waals surface area contributed by atoms with E-state index in [1.54, 1.807) is 37.3 Å². The maximum absolute atomic E-state index is 12.6. The number of aromatic nitrogens is 2. The molecule has 0 radical (unpaired) electrons. The second-order valence-electron chi connectivity index (χ2n) is 6.15. The number of esters is 1. The summed E-state index contributed by atoms with van der Waals surface area (Å²) < 4.78 is 4.69. The number of anilines is 3. The number of carbonyl (C=O) groups is 2. The van der Waals surface area contributed by atoms with Crippen molar-refractivity contribution in [1.29, 1.82) is 0 Å². The first kappa shape index (κ1) is 19.0. The highest BCUT2D eigenvalue weighted by Gasteiger charge is 2.12. The van der Waals surface area contributed by atoms with E-state index >= 15 is 0 Å². The highest BCUT2D eigenvalue weighted by atomic mass is 16.5. The average Bonchev–Trinajstić information content (AvgIpc) is 2.69. The van der Waals surface area contributed by atoms with E-state index in [4.69, 9.17) is 0 Å². The van der Waals surface area contributed by atoms with Gasteiger partial charge in [0, 0.05) is 17.4 Å². The Morgan fingerprint density at radius 2 is 1.68 bits per heavy atom. The van der Waals surface area contributed by atoms with Crippen molar-refractivity contribution in [3.05, 3.63) is 77.2 Å². The molecule has 2 N–H and O–H groups in total. The van der Waals surface area contributed by atoms with Gasteiger partial charge in [0.25, 0.3) is 5.91 Å². The average molecular weight is 376 g/mol. The van der Waals surface area contributed by atoms with Crippen LogP contribution in [0.4, 0.5) is 17.2 Å². The van der Waals surface area contributed by atoms with Gasteiger partial charge in [0.05, 0.1) is 12.7 Å². The van der Waals surface area contributed by atoms with Crippen LogP contribution in [0.1, 0.15) is 32.2 Å². The first-order chi connectivity index (χ1) is 13.5. The molecule has 3 aromatic rings. The third-order valence-corrected chi connectivity index (χ3v) is 4.04. The van der Waals surface area contributed by atoms with Gasteiger partial charge in [0.2, 0.25) is 0 Å². The summed E-state index contributed by atoms with van der Waals surface area (Å²) in [5.74, 6) is 0.225. The lowest BCUT2D eigenvalue weighted by atomic mass is 10.2. The third-order valence-electron chi connectivity index (χ3n) is 4.04. The standard InChI is InChI=1S/C21H20N4O3/c1-13-6-4-5-7-17(13)25-20(26)18-12-19(23-14(2)22-18)24-16-10-8-15(9-11-16)21(27)28-3/h4-12H,1-3H3,(H,25,26)(H,22,23,24). The number of aryl methyl sites for hydroxylation is 2. The van der Waals surface area contributed by atoms with Gasteiger partial charge in [-0.15, -0.1) is 0 Å². The molecule has 0 aliphatic rings. The molecule has 0 atom stereocenters. The maximum atomic E-state index is 12.6. The molecular weight excluding hydrogens is 356 g/mol. The van der Waals surface area contributed by atoms with Crippen molar-refractivity contribution < 1.29 is 14.3 Å². The van der Waals surface area contributed by atoms with E-state index < -0.39 is 5.97 Å². The molecule has 0 fully saturated rings. The zero-order valence-electron chi connectivity index (χ0n) is 15.8. The monoisotopic (exact) mass is 376 g/mol. The van der Waals surface area contributed by atoms with E-state index in [0.29, 0.717) is 17.2 Å². The van der Waals surface area contributed by atoms with Gasteiger partial charge in [-0.25, -0.2) is 14.8 Å². The number of rotatable bonds is 5. The van der Waals surface area contributed by atoms with Crippen molar-refractivity contribution in [1.82, 2.24) is 9.97 Å². The summed E-state index contributed by atoms with van der Waals surface area (Å²) in [6.45, 7) is 3.64. The van der Waals surface area contributed by atoms with Gasteiger partial charge in [-0.3, -0.25) is 4.79 Å². The Kier molecular flexibility index (Phi) is 5.64. The fourth-order valence-corrected chi connectivity index (χ4v) is 2.60. The molecule has 7 nitrogen and oxygen atoms in total. The lowest BCUT2D eigenvalue weighted by molar-refractivity contribution is 0.0600. The number of nitrogens with one attached hydrogen (secondary N) is 2. The Hall–Kier alpha value is -3.74. The summed E-state index contributed by atoms with van der Waals surface area (Å²) in [6.07, 6.45) is 0. The van der Waals surface area contributed by atoms with Gasteiger partial charge in [-0.05, 0) is 49.7 Å². The van der Waals surface area contributed by atoms with Gasteiger partial charge in [0.15, 0.2) is 0 Å². The highest BCUT2D eigenvalue weighted by molar-refractivity contribution is 6.03. The van der Waals surface area contributed by atoms with Crippen LogP contribution >= 0.6 is 0 Å². The van der Waals surface area contributed by atoms with Gasteiger partial charge >= 0.3 is 5.97 Å². The molecular formula is C21H20N4O3. The van der Waals surface area contributed by atoms with Crippen LogP contribution in [0, 0.1) is 13.8 Å². The molecule has 0 unspecified atom stereocenters. The van der Waals surface area contributed by atoms with Gasteiger partial charge in [0.1, 0.15) is 17.3 Å². The molecule has 0 aliphatic carbocycles. The van der Waals surface area contributed by atoms with Crippen LogP contribution in [0.15, 0.2) is 54.6 Å². The summed E-state index contributed by atoms with van der Waals surface area (Å²) in [5.41, 5.74) is 3.12. The lowest BCUT2D eigenvalue weighted by Crippen LogP contribution is -2.16. The van der Waals surface area contributed by atoms with E-state index in [-0.39, 0.29) is 11.6 Å². The number of nitrogens with zero attached hydrogens (tertiary/aromatic N) is 2. The molecule has 2 aromatic carbocycles. The van der Waals surface area contributed by atoms with Crippen LogP contribution in [-0.2, 0) is 4.74 Å². The first-order valence-corrected chi connectivity index (χ1v) is 8.64. The third kappa shape index (κ3) is 4.50. The maximum Gasteiger partial charge on any atom is 0.337 e. The topological polar surface area (TPSA) is 93.2 Å². The number of para-hydroxylation sites is 1. The number of hydrogen-bond donors (Lipinski definition) is 2. The number of ether oxygens (including phenoxy) is 1. The number of amides is 1. The zero-order chi connectivity index (χ0) is 20.1. The van der Waals surface area contributed by atoms with Crippen LogP contribution < -0.4 is 10.6 Å². The second kappa shape index (κ2) is 8.30.